The van der Waals surface area contributed by atoms with Crippen molar-refractivity contribution in [2.75, 3.05) is 86.1 Å². The van der Waals surface area contributed by atoms with Gasteiger partial charge in [0.05, 0.1) is 86.1 Å². The molecule has 3 amide bonds. The lowest BCUT2D eigenvalue weighted by atomic mass is 10.0. The molecule has 0 aromatic carbocycles. The number of rotatable bonds is 100. The second kappa shape index (κ2) is 86.9. The van der Waals surface area contributed by atoms with Crippen LogP contribution in [0.4, 0.5) is 0 Å². The lowest BCUT2D eigenvalue weighted by molar-refractivity contribution is -0.910. The third kappa shape index (κ3) is 71.9. The number of amides is 3. The standard InChI is InChI=1S/C102H206N4O12Si/c1-7-12-17-22-27-32-37-42-47-50-55-60-65-70-75-81-97(113)103-100(88-107,89-108)94-116-119(117-95-101(90-109,91-110)104-98(114)82-76-71-66-61-56-51-48-43-38-33-28-23-18-13-8-2,118-96-102(92-111,93-112)105-99(115)83-77-72-67-62-57-52-49-44-39-34-29-24-19-14-9-3)87-80-86-106(6,84-78-73-68-63-58-53-45-40-35-30-25-20-15-10-4)85-79-74-69-64-59-54-46-41-36-31-26-21-16-11-5/h107-112H,7-96H2,1-6H3,(H2-,103,104,105,113,114,115)/p+1. The summed E-state index contributed by atoms with van der Waals surface area (Å²) in [5.41, 5.74) is -5.12. The fraction of sp³-hybridized carbons (Fsp3) is 0.971. The summed E-state index contributed by atoms with van der Waals surface area (Å²) in [6, 6.07) is 0.137. The summed E-state index contributed by atoms with van der Waals surface area (Å²) in [4.78, 5) is 42.3. The maximum absolute atomic E-state index is 14.1. The second-order valence-electron chi connectivity index (χ2n) is 38.2. The number of nitrogens with zero attached hydrogens (tertiary/aromatic N) is 1. The van der Waals surface area contributed by atoms with Gasteiger partial charge in [-0.1, -0.05) is 458 Å². The van der Waals surface area contributed by atoms with Crippen molar-refractivity contribution in [1.29, 1.82) is 0 Å². The van der Waals surface area contributed by atoms with E-state index >= 15 is 0 Å². The summed E-state index contributed by atoms with van der Waals surface area (Å²) in [5.74, 6) is -1.02. The molecule has 0 unspecified atom stereocenters. The SMILES string of the molecule is CCCCCCCCCCCCCCCCCC(=O)NC(CO)(CO)CO[Si](CCC[N+](C)(CCCCCCCCCCCCCCCC)CCCCCCCCCCCCCCCC)(OCC(CO)(CO)NC(=O)CCCCCCCCCCCCCCCCC)OCC(CO)(CO)NC(=O)CCCCCCCCCCCCCCCCC. The molecule has 16 nitrogen and oxygen atoms in total. The quantitative estimate of drug-likeness (QED) is 0.0157. The number of quaternary nitrogens is 1. The van der Waals surface area contributed by atoms with Gasteiger partial charge in [-0.15, -0.1) is 0 Å². The predicted molar refractivity (Wildman–Crippen MR) is 508 cm³/mol. The summed E-state index contributed by atoms with van der Waals surface area (Å²) in [5, 5.41) is 77.2. The third-order valence-electron chi connectivity index (χ3n) is 26.0. The molecular formula is C102H207N4O12Si+. The zero-order chi connectivity index (χ0) is 87.1. The fourth-order valence-electron chi connectivity index (χ4n) is 17.3. The molecule has 9 N–H and O–H groups in total. The first-order valence-electron chi connectivity index (χ1n) is 52.5. The van der Waals surface area contributed by atoms with Crippen molar-refractivity contribution in [2.24, 2.45) is 0 Å². The number of aliphatic hydroxyl groups is 6. The molecule has 0 bridgehead atoms. The van der Waals surface area contributed by atoms with Gasteiger partial charge in [-0.2, -0.15) is 0 Å². The van der Waals surface area contributed by atoms with E-state index in [4.69, 9.17) is 13.3 Å². The van der Waals surface area contributed by atoms with E-state index in [2.05, 4.69) is 57.6 Å². The summed E-state index contributed by atoms with van der Waals surface area (Å²) in [6.07, 6.45) is 90.9. The number of hydrogen-bond acceptors (Lipinski definition) is 12. The van der Waals surface area contributed by atoms with Gasteiger partial charge in [0.15, 0.2) is 0 Å². The Balaban J connectivity index is 7.21. The number of aliphatic hydroxyl groups excluding tert-OH is 6. The highest BCUT2D eigenvalue weighted by Crippen LogP contribution is 2.29. The molecule has 710 valence electrons. The summed E-state index contributed by atoms with van der Waals surface area (Å²) in [6.45, 7) is 8.50. The van der Waals surface area contributed by atoms with Crippen molar-refractivity contribution in [1.82, 2.24) is 16.0 Å². The van der Waals surface area contributed by atoms with Crippen LogP contribution in [-0.4, -0.2) is 164 Å². The first kappa shape index (κ1) is 117. The monoisotopic (exact) mass is 1710 g/mol. The predicted octanol–water partition coefficient (Wildman–Crippen LogP) is 26.1. The molecule has 17 heteroatoms. The van der Waals surface area contributed by atoms with Gasteiger partial charge in [-0.3, -0.25) is 14.4 Å². The maximum atomic E-state index is 14.1. The number of nitrogens with one attached hydrogen (secondary N) is 3. The summed E-state index contributed by atoms with van der Waals surface area (Å²) >= 11 is 0. The average molecular weight is 1710 g/mol. The number of carbonyl (C=O) groups excluding carboxylic acids is 3. The van der Waals surface area contributed by atoms with Crippen LogP contribution < -0.4 is 16.0 Å². The van der Waals surface area contributed by atoms with Gasteiger partial charge in [0.2, 0.25) is 17.7 Å². The fourth-order valence-corrected chi connectivity index (χ4v) is 20.1. The first-order valence-corrected chi connectivity index (χ1v) is 54.4. The van der Waals surface area contributed by atoms with Crippen LogP contribution in [0.5, 0.6) is 0 Å². The van der Waals surface area contributed by atoms with Crippen LogP contribution in [0.2, 0.25) is 6.04 Å². The van der Waals surface area contributed by atoms with Crippen molar-refractivity contribution >= 4 is 26.5 Å². The number of unbranched alkanes of at least 4 members (excludes halogenated alkanes) is 68. The van der Waals surface area contributed by atoms with Crippen molar-refractivity contribution < 1.29 is 62.8 Å². The van der Waals surface area contributed by atoms with Gasteiger partial charge in [0, 0.05) is 31.7 Å². The Kier molecular flexibility index (Phi) is 85.6. The van der Waals surface area contributed by atoms with Gasteiger partial charge in [-0.05, 0) is 44.9 Å². The van der Waals surface area contributed by atoms with Crippen LogP contribution in [0.25, 0.3) is 0 Å². The Morgan fingerprint density at radius 3 is 0.529 bits per heavy atom. The Labute approximate surface area is 739 Å². The highest BCUT2D eigenvalue weighted by molar-refractivity contribution is 6.60. The molecule has 119 heavy (non-hydrogen) atoms. The van der Waals surface area contributed by atoms with Crippen molar-refractivity contribution in [2.45, 2.75) is 552 Å². The molecule has 0 saturated carbocycles. The highest BCUT2D eigenvalue weighted by atomic mass is 28.4. The first-order chi connectivity index (χ1) is 58.2. The van der Waals surface area contributed by atoms with Gasteiger partial charge in [0.25, 0.3) is 0 Å². The number of carbonyl (C=O) groups is 3. The van der Waals surface area contributed by atoms with Crippen LogP contribution in [0.3, 0.4) is 0 Å². The zero-order valence-electron chi connectivity index (χ0n) is 80.2. The lowest BCUT2D eigenvalue weighted by Gasteiger charge is -2.41. The molecule has 0 saturated heterocycles. The van der Waals surface area contributed by atoms with E-state index in [1.807, 2.05) is 0 Å². The van der Waals surface area contributed by atoms with Crippen LogP contribution >= 0.6 is 0 Å². The lowest BCUT2D eigenvalue weighted by Crippen LogP contribution is -2.65. The van der Waals surface area contributed by atoms with Gasteiger partial charge >= 0.3 is 8.80 Å². The van der Waals surface area contributed by atoms with Crippen molar-refractivity contribution in [3.63, 3.8) is 0 Å². The van der Waals surface area contributed by atoms with Gasteiger partial charge in [0.1, 0.15) is 16.6 Å². The Bertz CT molecular complexity index is 1920. The molecule has 0 aliphatic carbocycles. The molecule has 0 heterocycles. The highest BCUT2D eigenvalue weighted by Gasteiger charge is 2.49. The molecule has 0 radical (unpaired) electrons. The molecule has 0 fully saturated rings. The molecule has 0 aliphatic rings. The van der Waals surface area contributed by atoms with E-state index in [1.54, 1.807) is 0 Å². The molecular weight excluding hydrogens is 1500 g/mol. The summed E-state index contributed by atoms with van der Waals surface area (Å²) < 4.78 is 22.1. The van der Waals surface area contributed by atoms with E-state index in [-0.39, 0.29) is 43.0 Å². The van der Waals surface area contributed by atoms with E-state index in [9.17, 15) is 45.0 Å². The minimum atomic E-state index is -4.44. The average Bonchev–Trinajstić information content (AvgIpc) is 0.807. The topological polar surface area (TPSA) is 236 Å². The van der Waals surface area contributed by atoms with Crippen LogP contribution in [-0.2, 0) is 27.7 Å². The van der Waals surface area contributed by atoms with E-state index in [1.165, 1.54) is 366 Å². The molecule has 0 aromatic heterocycles. The molecule has 0 rings (SSSR count). The number of hydrogen-bond donors (Lipinski definition) is 9. The third-order valence-corrected chi connectivity index (χ3v) is 28.8. The van der Waals surface area contributed by atoms with Crippen LogP contribution in [0.1, 0.15) is 529 Å². The van der Waals surface area contributed by atoms with Crippen molar-refractivity contribution in [3.05, 3.63) is 0 Å². The van der Waals surface area contributed by atoms with Crippen molar-refractivity contribution in [3.8, 4) is 0 Å². The van der Waals surface area contributed by atoms with E-state index in [0.29, 0.717) is 32.2 Å². The van der Waals surface area contributed by atoms with E-state index in [0.717, 1.165) is 101 Å². The van der Waals surface area contributed by atoms with Gasteiger partial charge < -0.3 is 64.4 Å². The van der Waals surface area contributed by atoms with Crippen LogP contribution in [0, 0.1) is 0 Å². The minimum Gasteiger partial charge on any atom is -0.394 e. The largest absolute Gasteiger partial charge is 0.501 e. The Morgan fingerprint density at radius 1 is 0.227 bits per heavy atom. The van der Waals surface area contributed by atoms with E-state index < -0.39 is 84.9 Å². The van der Waals surface area contributed by atoms with Crippen LogP contribution in [0.15, 0.2) is 0 Å². The Hall–Kier alpha value is -1.77. The molecule has 0 aliphatic heterocycles. The molecule has 0 atom stereocenters. The summed E-state index contributed by atoms with van der Waals surface area (Å²) in [7, 11) is -2.08. The minimum absolute atomic E-state index is 0.137. The smallest absolute Gasteiger partial charge is 0.394 e. The maximum Gasteiger partial charge on any atom is 0.501 e. The Morgan fingerprint density at radius 2 is 0.370 bits per heavy atom. The molecule has 0 spiro atoms. The van der Waals surface area contributed by atoms with Gasteiger partial charge in [-0.25, -0.2) is 0 Å². The second-order valence-corrected chi connectivity index (χ2v) is 40.9. The normalized spacial score (nSPS) is 12.4. The zero-order valence-corrected chi connectivity index (χ0v) is 81.2. The molecule has 0 aromatic rings.